The third-order valence-electron chi connectivity index (χ3n) is 5.34. The van der Waals surface area contributed by atoms with Crippen LogP contribution in [0.15, 0.2) is 59.5 Å². The average molecular weight is 492 g/mol. The summed E-state index contributed by atoms with van der Waals surface area (Å²) in [6.45, 7) is 1.37. The number of phenols is 1. The molecule has 1 aliphatic heterocycles. The summed E-state index contributed by atoms with van der Waals surface area (Å²) >= 11 is 0.913. The highest BCUT2D eigenvalue weighted by molar-refractivity contribution is 8.00. The Labute approximate surface area is 194 Å². The minimum Gasteiger partial charge on any atom is -0.506 e. The number of halogens is 1. The number of aliphatic carboxylic acids is 1. The zero-order valence-corrected chi connectivity index (χ0v) is 19.1. The molecule has 11 heteroatoms. The molecule has 3 N–H and O–H groups in total. The maximum absolute atomic E-state index is 13.2. The van der Waals surface area contributed by atoms with Gasteiger partial charge in [0.2, 0.25) is 0 Å². The van der Waals surface area contributed by atoms with Crippen LogP contribution in [0.25, 0.3) is 10.8 Å². The Hall–Kier alpha value is -3.02. The number of hydrogen-bond donors (Lipinski definition) is 3. The largest absolute Gasteiger partial charge is 0.506 e. The monoisotopic (exact) mass is 491 g/mol. The third kappa shape index (κ3) is 5.15. The van der Waals surface area contributed by atoms with E-state index in [4.69, 9.17) is 5.11 Å². The van der Waals surface area contributed by atoms with Gasteiger partial charge in [-0.15, -0.1) is 11.8 Å². The van der Waals surface area contributed by atoms with Gasteiger partial charge in [0.1, 0.15) is 11.6 Å². The Bertz CT molecular complexity index is 1280. The second kappa shape index (κ2) is 9.46. The van der Waals surface area contributed by atoms with Crippen molar-refractivity contribution in [2.24, 2.45) is 0 Å². The standard InChI is InChI=1S/C22H22FN3O5S2/c23-15-5-7-16(8-6-15)25-9-11-26(12-10-25)33(30,31)24-19-13-20(32-14-21(27)28)22(29)18-4-2-1-3-17(18)19/h1-8,13,24,29H,9-12,14H2,(H,27,28). The second-order valence-electron chi connectivity index (χ2n) is 7.47. The first kappa shape index (κ1) is 23.1. The van der Waals surface area contributed by atoms with E-state index in [9.17, 15) is 22.7 Å². The summed E-state index contributed by atoms with van der Waals surface area (Å²) in [6, 6.07) is 14.3. The Morgan fingerprint density at radius 1 is 1.03 bits per heavy atom. The van der Waals surface area contributed by atoms with Gasteiger partial charge in [0.05, 0.1) is 16.3 Å². The molecule has 0 bridgehead atoms. The van der Waals surface area contributed by atoms with Crippen LogP contribution >= 0.6 is 11.8 Å². The van der Waals surface area contributed by atoms with Gasteiger partial charge >= 0.3 is 16.2 Å². The van der Waals surface area contributed by atoms with Gasteiger partial charge in [-0.3, -0.25) is 9.52 Å². The van der Waals surface area contributed by atoms with Crippen molar-refractivity contribution >= 4 is 50.1 Å². The van der Waals surface area contributed by atoms with Crippen LogP contribution in [0, 0.1) is 5.82 Å². The van der Waals surface area contributed by atoms with Crippen molar-refractivity contribution < 1.29 is 27.8 Å². The lowest BCUT2D eigenvalue weighted by Gasteiger charge is -2.35. The number of carboxylic acids is 1. The van der Waals surface area contributed by atoms with Crippen LogP contribution in [0.3, 0.4) is 0 Å². The van der Waals surface area contributed by atoms with E-state index in [2.05, 4.69) is 4.72 Å². The number of aromatic hydroxyl groups is 1. The zero-order chi connectivity index (χ0) is 23.6. The average Bonchev–Trinajstić information content (AvgIpc) is 2.80. The second-order valence-corrected chi connectivity index (χ2v) is 10.2. The smallest absolute Gasteiger partial charge is 0.313 e. The van der Waals surface area contributed by atoms with Crippen molar-refractivity contribution in [3.05, 3.63) is 60.4 Å². The number of hydrogen-bond acceptors (Lipinski definition) is 6. The fourth-order valence-electron chi connectivity index (χ4n) is 3.71. The van der Waals surface area contributed by atoms with Crippen molar-refractivity contribution in [3.8, 4) is 5.75 Å². The number of piperazine rings is 1. The predicted molar refractivity (Wildman–Crippen MR) is 127 cm³/mol. The maximum atomic E-state index is 13.2. The van der Waals surface area contributed by atoms with E-state index >= 15 is 0 Å². The number of phenolic OH excluding ortho intramolecular Hbond substituents is 1. The molecule has 0 saturated carbocycles. The van der Waals surface area contributed by atoms with E-state index in [1.807, 2.05) is 4.90 Å². The lowest BCUT2D eigenvalue weighted by molar-refractivity contribution is -0.133. The number of benzene rings is 3. The summed E-state index contributed by atoms with van der Waals surface area (Å²) in [5.74, 6) is -1.74. The summed E-state index contributed by atoms with van der Waals surface area (Å²) in [4.78, 5) is 13.2. The Balaban J connectivity index is 1.55. The van der Waals surface area contributed by atoms with Crippen LogP contribution in [0.2, 0.25) is 0 Å². The van der Waals surface area contributed by atoms with Crippen LogP contribution in [0.4, 0.5) is 15.8 Å². The van der Waals surface area contributed by atoms with E-state index < -0.39 is 16.2 Å². The van der Waals surface area contributed by atoms with Crippen molar-refractivity contribution in [3.63, 3.8) is 0 Å². The summed E-state index contributed by atoms with van der Waals surface area (Å²) < 4.78 is 43.4. The molecule has 3 aromatic carbocycles. The first-order valence-electron chi connectivity index (χ1n) is 10.1. The molecule has 1 heterocycles. The molecule has 33 heavy (non-hydrogen) atoms. The number of thioether (sulfide) groups is 1. The molecule has 4 rings (SSSR count). The van der Waals surface area contributed by atoms with Crippen molar-refractivity contribution in [2.75, 3.05) is 41.6 Å². The first-order chi connectivity index (χ1) is 15.7. The van der Waals surface area contributed by atoms with Gasteiger partial charge in [0, 0.05) is 42.6 Å². The van der Waals surface area contributed by atoms with Gasteiger partial charge in [0.25, 0.3) is 0 Å². The topological polar surface area (TPSA) is 110 Å². The number of carbonyl (C=O) groups is 1. The molecule has 8 nitrogen and oxygen atoms in total. The lowest BCUT2D eigenvalue weighted by Crippen LogP contribution is -2.50. The number of nitrogens with one attached hydrogen (secondary N) is 1. The Morgan fingerprint density at radius 3 is 2.30 bits per heavy atom. The van der Waals surface area contributed by atoms with Crippen LogP contribution in [0.5, 0.6) is 5.75 Å². The number of carboxylic acid groups (broad SMARTS) is 1. The van der Waals surface area contributed by atoms with Crippen LogP contribution in [-0.2, 0) is 15.0 Å². The van der Waals surface area contributed by atoms with Gasteiger partial charge in [-0.25, -0.2) is 4.39 Å². The molecule has 174 valence electrons. The molecule has 0 unspecified atom stereocenters. The lowest BCUT2D eigenvalue weighted by atomic mass is 10.1. The number of anilines is 2. The molecule has 0 amide bonds. The molecule has 0 aromatic heterocycles. The van der Waals surface area contributed by atoms with Gasteiger partial charge in [0.15, 0.2) is 0 Å². The molecular formula is C22H22FN3O5S2. The Morgan fingerprint density at radius 2 is 1.67 bits per heavy atom. The number of nitrogens with zero attached hydrogens (tertiary/aromatic N) is 2. The third-order valence-corrected chi connectivity index (χ3v) is 7.88. The van der Waals surface area contributed by atoms with Crippen LogP contribution in [0.1, 0.15) is 0 Å². The normalized spacial score (nSPS) is 15.0. The highest BCUT2D eigenvalue weighted by Crippen LogP contribution is 2.40. The minimum atomic E-state index is -3.91. The summed E-state index contributed by atoms with van der Waals surface area (Å²) in [5, 5.41) is 20.5. The van der Waals surface area contributed by atoms with Crippen LogP contribution < -0.4 is 9.62 Å². The van der Waals surface area contributed by atoms with Crippen molar-refractivity contribution in [2.45, 2.75) is 4.90 Å². The summed E-state index contributed by atoms with van der Waals surface area (Å²) in [5.41, 5.74) is 1.09. The van der Waals surface area contributed by atoms with E-state index in [-0.39, 0.29) is 41.0 Å². The van der Waals surface area contributed by atoms with E-state index in [0.717, 1.165) is 17.4 Å². The molecule has 3 aromatic rings. The fourth-order valence-corrected chi connectivity index (χ4v) is 5.66. The minimum absolute atomic E-state index is 0.0901. The SMILES string of the molecule is O=C(O)CSc1cc(NS(=O)(=O)N2CCN(c3ccc(F)cc3)CC2)c2ccccc2c1O. The molecule has 1 fully saturated rings. The molecule has 0 radical (unpaired) electrons. The fraction of sp³-hybridized carbons (Fsp3) is 0.227. The quantitative estimate of drug-likeness (QED) is 0.343. The van der Waals surface area contributed by atoms with Crippen molar-refractivity contribution in [1.82, 2.24) is 4.31 Å². The zero-order valence-electron chi connectivity index (χ0n) is 17.4. The highest BCUT2D eigenvalue weighted by Gasteiger charge is 2.28. The molecule has 0 aliphatic carbocycles. The maximum Gasteiger partial charge on any atom is 0.313 e. The highest BCUT2D eigenvalue weighted by atomic mass is 32.2. The number of rotatable bonds is 7. The van der Waals surface area contributed by atoms with E-state index in [1.165, 1.54) is 22.5 Å². The number of fused-ring (bicyclic) bond motifs is 1. The molecule has 1 aliphatic rings. The van der Waals surface area contributed by atoms with Crippen LogP contribution in [-0.4, -0.2) is 60.8 Å². The predicted octanol–water partition coefficient (Wildman–Crippen LogP) is 3.34. The summed E-state index contributed by atoms with van der Waals surface area (Å²) in [6.07, 6.45) is 0. The molecule has 0 spiro atoms. The van der Waals surface area contributed by atoms with E-state index in [0.29, 0.717) is 23.9 Å². The molecule has 0 atom stereocenters. The first-order valence-corrected chi connectivity index (χ1v) is 12.5. The van der Waals surface area contributed by atoms with Gasteiger partial charge in [-0.05, 0) is 30.3 Å². The van der Waals surface area contributed by atoms with Crippen molar-refractivity contribution in [1.29, 1.82) is 0 Å². The van der Waals surface area contributed by atoms with E-state index in [1.54, 1.807) is 36.4 Å². The van der Waals surface area contributed by atoms with Gasteiger partial charge in [-0.1, -0.05) is 24.3 Å². The summed E-state index contributed by atoms with van der Waals surface area (Å²) in [7, 11) is -3.91. The Kier molecular flexibility index (Phi) is 6.63. The van der Waals surface area contributed by atoms with Gasteiger partial charge < -0.3 is 15.1 Å². The van der Waals surface area contributed by atoms with Gasteiger partial charge in [-0.2, -0.15) is 12.7 Å². The molecular weight excluding hydrogens is 469 g/mol. The molecule has 1 saturated heterocycles.